The van der Waals surface area contributed by atoms with Crippen LogP contribution in [0.2, 0.25) is 5.02 Å². The van der Waals surface area contributed by atoms with Crippen molar-refractivity contribution in [3.63, 3.8) is 0 Å². The number of para-hydroxylation sites is 2. The molecule has 2 aromatic carbocycles. The molecule has 21 heavy (non-hydrogen) atoms. The molecule has 0 spiro atoms. The van der Waals surface area contributed by atoms with E-state index in [1.54, 1.807) is 36.4 Å². The summed E-state index contributed by atoms with van der Waals surface area (Å²) in [7, 11) is 0. The van der Waals surface area contributed by atoms with Gasteiger partial charge in [0.1, 0.15) is 11.5 Å². The highest BCUT2D eigenvalue weighted by atomic mass is 35.5. The summed E-state index contributed by atoms with van der Waals surface area (Å²) in [5.41, 5.74) is 1.62. The summed E-state index contributed by atoms with van der Waals surface area (Å²) in [6.07, 6.45) is 1.33. The minimum absolute atomic E-state index is 0.0641. The number of nitrogens with one attached hydrogen (secondary N) is 1. The summed E-state index contributed by atoms with van der Waals surface area (Å²) < 4.78 is 0. The zero-order valence-electron chi connectivity index (χ0n) is 10.9. The molecule has 104 valence electrons. The van der Waals surface area contributed by atoms with Gasteiger partial charge in [0, 0.05) is 16.7 Å². The highest BCUT2D eigenvalue weighted by molar-refractivity contribution is 6.30. The van der Waals surface area contributed by atoms with Crippen LogP contribution in [-0.4, -0.2) is 15.1 Å². The van der Waals surface area contributed by atoms with E-state index < -0.39 is 0 Å². The molecule has 2 N–H and O–H groups in total. The molecule has 1 aromatic heterocycles. The first-order valence-corrected chi connectivity index (χ1v) is 6.67. The third-order valence-corrected chi connectivity index (χ3v) is 3.25. The number of aromatic amines is 1. The van der Waals surface area contributed by atoms with E-state index >= 15 is 0 Å². The Morgan fingerprint density at radius 3 is 2.81 bits per heavy atom. The second-order valence-electron chi connectivity index (χ2n) is 4.51. The Bertz CT molecular complexity index is 900. The molecule has 0 atom stereocenters. The smallest absolute Gasteiger partial charge is 0.274 e. The minimum atomic E-state index is -0.359. The molecule has 1 heterocycles. The van der Waals surface area contributed by atoms with Crippen molar-refractivity contribution in [1.82, 2.24) is 9.97 Å². The average molecular weight is 299 g/mol. The quantitative estimate of drug-likeness (QED) is 0.710. The van der Waals surface area contributed by atoms with Crippen LogP contribution in [0.1, 0.15) is 11.3 Å². The minimum Gasteiger partial charge on any atom is -0.507 e. The second-order valence-corrected chi connectivity index (χ2v) is 4.94. The van der Waals surface area contributed by atoms with Crippen molar-refractivity contribution in [2.24, 2.45) is 0 Å². The lowest BCUT2D eigenvalue weighted by Gasteiger charge is -2.02. The fourth-order valence-electron chi connectivity index (χ4n) is 2.00. The van der Waals surface area contributed by atoms with Crippen LogP contribution in [0.25, 0.3) is 22.9 Å². The van der Waals surface area contributed by atoms with Gasteiger partial charge in [-0.1, -0.05) is 35.9 Å². The van der Waals surface area contributed by atoms with Gasteiger partial charge in [0.15, 0.2) is 0 Å². The molecule has 0 amide bonds. The van der Waals surface area contributed by atoms with Crippen LogP contribution in [-0.2, 0) is 0 Å². The number of aliphatic hydroxyl groups excluding tert-OH is 1. The maximum atomic E-state index is 12.0. The lowest BCUT2D eigenvalue weighted by atomic mass is 10.1. The van der Waals surface area contributed by atoms with Gasteiger partial charge in [0.05, 0.1) is 11.0 Å². The highest BCUT2D eigenvalue weighted by Gasteiger charge is 2.05. The molecule has 0 aliphatic rings. The summed E-state index contributed by atoms with van der Waals surface area (Å²) >= 11 is 5.88. The van der Waals surface area contributed by atoms with Gasteiger partial charge in [0.25, 0.3) is 5.56 Å². The van der Waals surface area contributed by atoms with Gasteiger partial charge in [0.2, 0.25) is 0 Å². The zero-order chi connectivity index (χ0) is 14.8. The Balaban J connectivity index is 2.10. The number of rotatable bonds is 2. The number of benzene rings is 2. The van der Waals surface area contributed by atoms with Crippen LogP contribution in [0.15, 0.2) is 53.3 Å². The summed E-state index contributed by atoms with van der Waals surface area (Å²) in [6.45, 7) is 0. The third-order valence-electron chi connectivity index (χ3n) is 3.02. The van der Waals surface area contributed by atoms with E-state index in [9.17, 15) is 9.90 Å². The van der Waals surface area contributed by atoms with Gasteiger partial charge in [-0.2, -0.15) is 0 Å². The van der Waals surface area contributed by atoms with E-state index in [4.69, 9.17) is 11.6 Å². The standard InChI is InChI=1S/C16H11ClN2O2/c17-11-5-3-4-10(8-11)15(20)9-14-16(21)19-13-7-2-1-6-12(13)18-14/h1-9,20H,(H,19,21). The van der Waals surface area contributed by atoms with Crippen molar-refractivity contribution in [3.8, 4) is 0 Å². The SMILES string of the molecule is O=c1[nH]c2ccccc2nc1C=C(O)c1cccc(Cl)c1. The first-order valence-electron chi connectivity index (χ1n) is 6.29. The third kappa shape index (κ3) is 2.80. The average Bonchev–Trinajstić information content (AvgIpc) is 2.48. The highest BCUT2D eigenvalue weighted by Crippen LogP contribution is 2.18. The van der Waals surface area contributed by atoms with Gasteiger partial charge < -0.3 is 10.1 Å². The molecule has 0 saturated carbocycles. The number of aliphatic hydroxyl groups is 1. The number of fused-ring (bicyclic) bond motifs is 1. The van der Waals surface area contributed by atoms with E-state index in [0.29, 0.717) is 21.6 Å². The van der Waals surface area contributed by atoms with Crippen molar-refractivity contribution < 1.29 is 5.11 Å². The molecule has 5 heteroatoms. The summed E-state index contributed by atoms with van der Waals surface area (Å²) in [6, 6.07) is 14.0. The van der Waals surface area contributed by atoms with Crippen LogP contribution < -0.4 is 5.56 Å². The van der Waals surface area contributed by atoms with Crippen molar-refractivity contribution in [3.05, 3.63) is 75.2 Å². The van der Waals surface area contributed by atoms with Gasteiger partial charge in [-0.3, -0.25) is 4.79 Å². The van der Waals surface area contributed by atoms with Crippen molar-refractivity contribution >= 4 is 34.5 Å². The molecule has 0 saturated heterocycles. The molecule has 3 rings (SSSR count). The van der Waals surface area contributed by atoms with E-state index in [-0.39, 0.29) is 17.0 Å². The van der Waals surface area contributed by atoms with Crippen molar-refractivity contribution in [2.45, 2.75) is 0 Å². The Morgan fingerprint density at radius 2 is 2.00 bits per heavy atom. The molecule has 0 unspecified atom stereocenters. The fraction of sp³-hybridized carbons (Fsp3) is 0. The number of aromatic nitrogens is 2. The van der Waals surface area contributed by atoms with E-state index in [1.165, 1.54) is 6.08 Å². The number of H-pyrrole nitrogens is 1. The lowest BCUT2D eigenvalue weighted by molar-refractivity contribution is 0.515. The Morgan fingerprint density at radius 1 is 1.19 bits per heavy atom. The Hall–Kier alpha value is -2.59. The van der Waals surface area contributed by atoms with E-state index in [2.05, 4.69) is 9.97 Å². The first-order chi connectivity index (χ1) is 10.1. The van der Waals surface area contributed by atoms with Crippen LogP contribution in [0, 0.1) is 0 Å². The van der Waals surface area contributed by atoms with Gasteiger partial charge in [-0.05, 0) is 24.3 Å². The van der Waals surface area contributed by atoms with Crippen LogP contribution >= 0.6 is 11.6 Å². The Labute approximate surface area is 125 Å². The van der Waals surface area contributed by atoms with Crippen molar-refractivity contribution in [1.29, 1.82) is 0 Å². The number of hydrogen-bond acceptors (Lipinski definition) is 3. The van der Waals surface area contributed by atoms with E-state index in [1.807, 2.05) is 12.1 Å². The molecular weight excluding hydrogens is 288 g/mol. The number of halogens is 1. The normalized spacial score (nSPS) is 11.8. The maximum Gasteiger partial charge on any atom is 0.274 e. The van der Waals surface area contributed by atoms with Crippen LogP contribution in [0.4, 0.5) is 0 Å². The summed E-state index contributed by atoms with van der Waals surface area (Å²) in [4.78, 5) is 18.9. The van der Waals surface area contributed by atoms with E-state index in [0.717, 1.165) is 0 Å². The molecule has 0 radical (unpaired) electrons. The lowest BCUT2D eigenvalue weighted by Crippen LogP contribution is -2.12. The Kier molecular flexibility index (Phi) is 3.46. The van der Waals surface area contributed by atoms with Gasteiger partial charge in [-0.25, -0.2) is 4.98 Å². The van der Waals surface area contributed by atoms with Crippen molar-refractivity contribution in [2.75, 3.05) is 0 Å². The van der Waals surface area contributed by atoms with Crippen LogP contribution in [0.3, 0.4) is 0 Å². The maximum absolute atomic E-state index is 12.0. The molecule has 0 bridgehead atoms. The first kappa shape index (κ1) is 13.4. The summed E-state index contributed by atoms with van der Waals surface area (Å²) in [5, 5.41) is 10.6. The fourth-order valence-corrected chi connectivity index (χ4v) is 2.19. The summed E-state index contributed by atoms with van der Waals surface area (Å²) in [5.74, 6) is -0.0641. The topological polar surface area (TPSA) is 66.0 Å². The largest absolute Gasteiger partial charge is 0.507 e. The molecule has 3 aromatic rings. The van der Waals surface area contributed by atoms with Gasteiger partial charge in [-0.15, -0.1) is 0 Å². The predicted octanol–water partition coefficient (Wildman–Crippen LogP) is 3.63. The zero-order valence-corrected chi connectivity index (χ0v) is 11.6. The predicted molar refractivity (Wildman–Crippen MR) is 84.3 cm³/mol. The number of hydrogen-bond donors (Lipinski definition) is 2. The second kappa shape index (κ2) is 5.42. The molecule has 0 aliphatic heterocycles. The monoisotopic (exact) mass is 298 g/mol. The van der Waals surface area contributed by atoms with Crippen LogP contribution in [0.5, 0.6) is 0 Å². The molecule has 4 nitrogen and oxygen atoms in total. The van der Waals surface area contributed by atoms with Gasteiger partial charge >= 0.3 is 0 Å². The molecule has 0 aliphatic carbocycles. The molecule has 0 fully saturated rings. The number of nitrogens with zero attached hydrogens (tertiary/aromatic N) is 1. The molecular formula is C16H11ClN2O2.